The molecule has 0 saturated heterocycles. The number of nitrogens with zero attached hydrogens (tertiary/aromatic N) is 1. The number of thioether (sulfide) groups is 1. The van der Waals surface area contributed by atoms with Crippen molar-refractivity contribution in [2.45, 2.75) is 25.0 Å². The van der Waals surface area contributed by atoms with E-state index in [1.807, 2.05) is 19.1 Å². The molecule has 2 aromatic carbocycles. The van der Waals surface area contributed by atoms with E-state index in [4.69, 9.17) is 25.1 Å². The van der Waals surface area contributed by atoms with E-state index in [9.17, 15) is 9.59 Å². The number of ether oxygens (including phenoxy) is 3. The smallest absolute Gasteiger partial charge is 0.335 e. The minimum atomic E-state index is -1.04. The summed E-state index contributed by atoms with van der Waals surface area (Å²) in [5, 5.41) is 11.5. The lowest BCUT2D eigenvalue weighted by Crippen LogP contribution is -2.01. The first-order valence-electron chi connectivity index (χ1n) is 9.99. The van der Waals surface area contributed by atoms with Crippen LogP contribution in [0, 0.1) is 6.92 Å². The van der Waals surface area contributed by atoms with Crippen LogP contribution in [0.2, 0.25) is 0 Å². The molecule has 0 atom stereocenters. The van der Waals surface area contributed by atoms with Gasteiger partial charge in [0.1, 0.15) is 0 Å². The minimum absolute atomic E-state index is 0. The second kappa shape index (κ2) is 14.4. The summed E-state index contributed by atoms with van der Waals surface area (Å²) >= 11 is 1.45. The molecule has 1 aromatic heterocycles. The second-order valence-corrected chi connectivity index (χ2v) is 7.91. The molecule has 0 radical (unpaired) electrons. The lowest BCUT2D eigenvalue weighted by Gasteiger charge is -2.12. The van der Waals surface area contributed by atoms with E-state index in [0.29, 0.717) is 40.8 Å². The number of hydrogen-bond donors (Lipinski definition) is 3. The van der Waals surface area contributed by atoms with Crippen molar-refractivity contribution in [3.63, 3.8) is 0 Å². The standard InChI is InChI=1S/C14H13N3O3S.C10H14O3.CH4/c15-12-1-2-16-6-13(12)21-7-9-3-10(14(19)20)5-11(4-9)17-8-18;1-7-5-8(11-2)10(13-4)9(6-7)12-3;/h1-6,8H,7H2,(H2,15,16)(H,17,18)(H,19,20);5-6H,1-4H3;1H4. The first kappa shape index (κ1) is 29.1. The van der Waals surface area contributed by atoms with Crippen molar-refractivity contribution >= 4 is 35.5 Å². The molecule has 188 valence electrons. The number of rotatable bonds is 9. The van der Waals surface area contributed by atoms with Gasteiger partial charge < -0.3 is 30.4 Å². The predicted molar refractivity (Wildman–Crippen MR) is 139 cm³/mol. The zero-order chi connectivity index (χ0) is 25.1. The fourth-order valence-corrected chi connectivity index (χ4v) is 3.79. The number of carboxylic acids is 1. The van der Waals surface area contributed by atoms with Gasteiger partial charge in [-0.3, -0.25) is 9.78 Å². The maximum atomic E-state index is 11.1. The summed E-state index contributed by atoms with van der Waals surface area (Å²) in [4.78, 5) is 26.4. The molecule has 0 aliphatic carbocycles. The van der Waals surface area contributed by atoms with Gasteiger partial charge in [0.15, 0.2) is 11.5 Å². The Hall–Kier alpha value is -3.92. The van der Waals surface area contributed by atoms with Gasteiger partial charge in [-0.15, -0.1) is 11.8 Å². The highest BCUT2D eigenvalue weighted by molar-refractivity contribution is 7.98. The summed E-state index contributed by atoms with van der Waals surface area (Å²) in [7, 11) is 4.81. The van der Waals surface area contributed by atoms with Gasteiger partial charge in [-0.2, -0.15) is 0 Å². The van der Waals surface area contributed by atoms with Crippen molar-refractivity contribution in [1.82, 2.24) is 4.98 Å². The van der Waals surface area contributed by atoms with Crippen LogP contribution in [-0.4, -0.2) is 43.8 Å². The highest BCUT2D eigenvalue weighted by Crippen LogP contribution is 2.37. The number of carboxylic acid groups (broad SMARTS) is 1. The van der Waals surface area contributed by atoms with Crippen molar-refractivity contribution in [3.05, 3.63) is 65.5 Å². The van der Waals surface area contributed by atoms with Crippen LogP contribution in [0.3, 0.4) is 0 Å². The number of carbonyl (C=O) groups is 2. The number of carbonyl (C=O) groups excluding carboxylic acids is 1. The first-order chi connectivity index (χ1) is 16.3. The van der Waals surface area contributed by atoms with Gasteiger partial charge in [0.2, 0.25) is 12.2 Å². The number of benzene rings is 2. The summed E-state index contributed by atoms with van der Waals surface area (Å²) < 4.78 is 15.5. The molecule has 0 saturated carbocycles. The third-order valence-corrected chi connectivity index (χ3v) is 5.61. The van der Waals surface area contributed by atoms with Gasteiger partial charge >= 0.3 is 5.97 Å². The van der Waals surface area contributed by atoms with Crippen LogP contribution in [0.4, 0.5) is 11.4 Å². The Balaban J connectivity index is 0.000000378. The Morgan fingerprint density at radius 3 is 2.29 bits per heavy atom. The Kier molecular flexibility index (Phi) is 11.9. The molecule has 1 heterocycles. The molecule has 3 aromatic rings. The van der Waals surface area contributed by atoms with Crippen LogP contribution >= 0.6 is 11.8 Å². The minimum Gasteiger partial charge on any atom is -0.493 e. The van der Waals surface area contributed by atoms with Gasteiger partial charge in [-0.1, -0.05) is 7.43 Å². The zero-order valence-corrected chi connectivity index (χ0v) is 20.1. The average Bonchev–Trinajstić information content (AvgIpc) is 2.83. The molecule has 35 heavy (non-hydrogen) atoms. The molecule has 0 aliphatic heterocycles. The number of nitrogens with one attached hydrogen (secondary N) is 1. The molecule has 9 nitrogen and oxygen atoms in total. The van der Waals surface area contributed by atoms with E-state index in [-0.39, 0.29) is 13.0 Å². The number of anilines is 2. The van der Waals surface area contributed by atoms with Gasteiger partial charge in [0.05, 0.1) is 26.9 Å². The monoisotopic (exact) mass is 501 g/mol. The molecule has 0 fully saturated rings. The van der Waals surface area contributed by atoms with Crippen molar-refractivity contribution in [3.8, 4) is 17.2 Å². The summed E-state index contributed by atoms with van der Waals surface area (Å²) in [5.74, 6) is 1.50. The number of nitrogens with two attached hydrogens (primary N) is 1. The van der Waals surface area contributed by atoms with Crippen LogP contribution in [0.15, 0.2) is 53.7 Å². The van der Waals surface area contributed by atoms with Crippen LogP contribution < -0.4 is 25.3 Å². The largest absolute Gasteiger partial charge is 0.493 e. The molecular weight excluding hydrogens is 470 g/mol. The summed E-state index contributed by atoms with van der Waals surface area (Å²) in [5.41, 5.74) is 8.86. The molecule has 0 unspecified atom stereocenters. The highest BCUT2D eigenvalue weighted by atomic mass is 32.2. The SMILES string of the molecule is C.COc1cc(C)cc(OC)c1OC.Nc1ccncc1SCc1cc(NC=O)cc(C(=O)O)c1. The van der Waals surface area contributed by atoms with Crippen LogP contribution in [0.5, 0.6) is 17.2 Å². The van der Waals surface area contributed by atoms with E-state index in [1.165, 1.54) is 17.8 Å². The topological polar surface area (TPSA) is 133 Å². The summed E-state index contributed by atoms with van der Waals surface area (Å²) in [6.45, 7) is 1.98. The molecule has 0 bridgehead atoms. The third-order valence-electron chi connectivity index (χ3n) is 4.49. The Bertz CT molecular complexity index is 1110. The van der Waals surface area contributed by atoms with Crippen molar-refractivity contribution in [2.24, 2.45) is 0 Å². The number of aryl methyl sites for hydroxylation is 1. The number of aromatic nitrogens is 1. The Morgan fingerprint density at radius 1 is 1.11 bits per heavy atom. The molecule has 10 heteroatoms. The van der Waals surface area contributed by atoms with E-state index in [0.717, 1.165) is 16.0 Å². The number of amides is 1. The van der Waals surface area contributed by atoms with E-state index in [2.05, 4.69) is 10.3 Å². The second-order valence-electron chi connectivity index (χ2n) is 6.89. The molecule has 4 N–H and O–H groups in total. The van der Waals surface area contributed by atoms with Gasteiger partial charge in [0, 0.05) is 34.4 Å². The fourth-order valence-electron chi connectivity index (χ4n) is 2.93. The lowest BCUT2D eigenvalue weighted by molar-refractivity contribution is -0.105. The van der Waals surface area contributed by atoms with Crippen molar-refractivity contribution in [1.29, 1.82) is 0 Å². The average molecular weight is 502 g/mol. The van der Waals surface area contributed by atoms with E-state index in [1.54, 1.807) is 51.9 Å². The maximum Gasteiger partial charge on any atom is 0.335 e. The predicted octanol–water partition coefficient (Wildman–Crippen LogP) is 4.88. The number of hydrogen-bond acceptors (Lipinski definition) is 8. The first-order valence-corrected chi connectivity index (χ1v) is 11.0. The number of nitrogen functional groups attached to an aromatic ring is 1. The normalized spacial score (nSPS) is 9.60. The third kappa shape index (κ3) is 8.42. The van der Waals surface area contributed by atoms with Crippen LogP contribution in [0.25, 0.3) is 0 Å². The Labute approximate surface area is 209 Å². The number of aromatic carboxylic acids is 1. The van der Waals surface area contributed by atoms with Crippen molar-refractivity contribution < 1.29 is 28.9 Å². The van der Waals surface area contributed by atoms with Crippen LogP contribution in [-0.2, 0) is 10.5 Å². The zero-order valence-electron chi connectivity index (χ0n) is 19.3. The molecular formula is C25H31N3O6S. The molecule has 3 rings (SSSR count). The van der Waals surface area contributed by atoms with Gasteiger partial charge in [0.25, 0.3) is 0 Å². The summed E-state index contributed by atoms with van der Waals surface area (Å²) in [6.07, 6.45) is 3.78. The van der Waals surface area contributed by atoms with Crippen molar-refractivity contribution in [2.75, 3.05) is 32.4 Å². The number of pyridine rings is 1. The van der Waals surface area contributed by atoms with E-state index >= 15 is 0 Å². The van der Waals surface area contributed by atoms with Gasteiger partial charge in [-0.05, 0) is 54.4 Å². The lowest BCUT2D eigenvalue weighted by atomic mass is 10.1. The van der Waals surface area contributed by atoms with Gasteiger partial charge in [-0.25, -0.2) is 4.79 Å². The van der Waals surface area contributed by atoms with Crippen LogP contribution in [0.1, 0.15) is 28.9 Å². The molecule has 0 aliphatic rings. The number of methoxy groups -OCH3 is 3. The highest BCUT2D eigenvalue weighted by Gasteiger charge is 2.11. The molecule has 1 amide bonds. The summed E-state index contributed by atoms with van der Waals surface area (Å²) in [6, 6.07) is 10.2. The molecule has 0 spiro atoms. The maximum absolute atomic E-state index is 11.1. The Morgan fingerprint density at radius 2 is 1.77 bits per heavy atom. The quantitative estimate of drug-likeness (QED) is 0.277. The van der Waals surface area contributed by atoms with E-state index < -0.39 is 5.97 Å². The fraction of sp³-hybridized carbons (Fsp3) is 0.240.